The molecule has 0 bridgehead atoms. The van der Waals surface area contributed by atoms with E-state index in [1.807, 2.05) is 31.2 Å². The van der Waals surface area contributed by atoms with E-state index < -0.39 is 0 Å². The first-order chi connectivity index (χ1) is 12.5. The highest BCUT2D eigenvalue weighted by Gasteiger charge is 2.49. The highest BCUT2D eigenvalue weighted by Crippen LogP contribution is 2.42. The summed E-state index contributed by atoms with van der Waals surface area (Å²) in [6.07, 6.45) is 2.67. The molecule has 2 amide bonds. The van der Waals surface area contributed by atoms with E-state index in [1.165, 1.54) is 10.5 Å². The maximum Gasteiger partial charge on any atom is 0.237 e. The number of carbonyl (C=O) groups is 2. The van der Waals surface area contributed by atoms with E-state index in [9.17, 15) is 9.59 Å². The van der Waals surface area contributed by atoms with Crippen molar-refractivity contribution in [3.05, 3.63) is 54.1 Å². The highest BCUT2D eigenvalue weighted by molar-refractivity contribution is 6.22. The van der Waals surface area contributed by atoms with Gasteiger partial charge in [-0.2, -0.15) is 0 Å². The summed E-state index contributed by atoms with van der Waals surface area (Å²) >= 11 is 0. The number of fused-ring (bicyclic) bond motifs is 1. The van der Waals surface area contributed by atoms with Crippen LogP contribution in [0.15, 0.2) is 48.5 Å². The molecule has 2 aromatic carbocycles. The molecule has 0 N–H and O–H groups in total. The van der Waals surface area contributed by atoms with E-state index in [2.05, 4.69) is 6.92 Å². The minimum absolute atomic E-state index is 0.0425. The summed E-state index contributed by atoms with van der Waals surface area (Å²) in [6, 6.07) is 15.0. The minimum atomic E-state index is -0.144. The average Bonchev–Trinajstić information content (AvgIpc) is 2.88. The first-order valence-corrected chi connectivity index (χ1v) is 9.25. The molecule has 2 aliphatic rings. The van der Waals surface area contributed by atoms with Crippen LogP contribution in [0.5, 0.6) is 11.5 Å². The number of imide groups is 1. The quantitative estimate of drug-likeness (QED) is 0.754. The molecule has 3 atom stereocenters. The summed E-state index contributed by atoms with van der Waals surface area (Å²) in [7, 11) is 0. The highest BCUT2D eigenvalue weighted by atomic mass is 16.5. The SMILES string of the molecule is Cc1ccc(Oc2ccc(N3C(=O)[C@H]4CC[C@H](C)C[C@H]4C3=O)cc2)cc1. The van der Waals surface area contributed by atoms with Gasteiger partial charge in [0.15, 0.2) is 0 Å². The topological polar surface area (TPSA) is 46.6 Å². The van der Waals surface area contributed by atoms with Gasteiger partial charge in [0.1, 0.15) is 11.5 Å². The molecule has 2 fully saturated rings. The molecule has 0 radical (unpaired) electrons. The number of amides is 2. The van der Waals surface area contributed by atoms with E-state index >= 15 is 0 Å². The average molecular weight is 349 g/mol. The summed E-state index contributed by atoms with van der Waals surface area (Å²) in [5.74, 6) is 1.59. The van der Waals surface area contributed by atoms with Gasteiger partial charge in [0.05, 0.1) is 17.5 Å². The molecule has 134 valence electrons. The third-order valence-corrected chi connectivity index (χ3v) is 5.54. The van der Waals surface area contributed by atoms with Gasteiger partial charge >= 0.3 is 0 Å². The number of nitrogens with zero attached hydrogens (tertiary/aromatic N) is 1. The van der Waals surface area contributed by atoms with Crippen LogP contribution in [-0.2, 0) is 9.59 Å². The molecular formula is C22H23NO3. The van der Waals surface area contributed by atoms with Crippen LogP contribution in [0.1, 0.15) is 31.7 Å². The monoisotopic (exact) mass is 349 g/mol. The third-order valence-electron chi connectivity index (χ3n) is 5.54. The van der Waals surface area contributed by atoms with Gasteiger partial charge in [-0.3, -0.25) is 14.5 Å². The van der Waals surface area contributed by atoms with Gasteiger partial charge in [-0.15, -0.1) is 0 Å². The lowest BCUT2D eigenvalue weighted by Crippen LogP contribution is -2.30. The fraction of sp³-hybridized carbons (Fsp3) is 0.364. The standard InChI is InChI=1S/C22H23NO3/c1-14-3-8-17(9-4-14)26-18-10-6-16(7-11-18)23-21(24)19-12-5-15(2)13-20(19)22(23)25/h3-4,6-11,15,19-20H,5,12-13H2,1-2H3/t15-,19-,20+/m0/s1. The van der Waals surface area contributed by atoms with Crippen molar-refractivity contribution in [3.8, 4) is 11.5 Å². The molecule has 4 nitrogen and oxygen atoms in total. The molecule has 1 aliphatic heterocycles. The van der Waals surface area contributed by atoms with Gasteiger partial charge in [-0.05, 0) is 68.5 Å². The summed E-state index contributed by atoms with van der Waals surface area (Å²) < 4.78 is 5.82. The van der Waals surface area contributed by atoms with Crippen LogP contribution in [0.25, 0.3) is 0 Å². The zero-order valence-corrected chi connectivity index (χ0v) is 15.1. The Morgan fingerprint density at radius 3 is 2.08 bits per heavy atom. The fourth-order valence-corrected chi connectivity index (χ4v) is 4.05. The number of aryl methyl sites for hydroxylation is 1. The van der Waals surface area contributed by atoms with E-state index in [1.54, 1.807) is 24.3 Å². The first kappa shape index (κ1) is 16.8. The van der Waals surface area contributed by atoms with Crippen molar-refractivity contribution in [3.63, 3.8) is 0 Å². The number of ether oxygens (including phenoxy) is 1. The van der Waals surface area contributed by atoms with Crippen molar-refractivity contribution in [1.82, 2.24) is 0 Å². The number of hydrogen-bond donors (Lipinski definition) is 0. The molecule has 1 saturated carbocycles. The van der Waals surface area contributed by atoms with E-state index in [0.29, 0.717) is 17.4 Å². The summed E-state index contributed by atoms with van der Waals surface area (Å²) in [6.45, 7) is 4.19. The summed E-state index contributed by atoms with van der Waals surface area (Å²) in [5.41, 5.74) is 1.81. The van der Waals surface area contributed by atoms with Gasteiger partial charge in [-0.1, -0.05) is 24.6 Å². The van der Waals surface area contributed by atoms with E-state index in [0.717, 1.165) is 25.0 Å². The smallest absolute Gasteiger partial charge is 0.237 e. The number of benzene rings is 2. The van der Waals surface area contributed by atoms with Crippen LogP contribution in [0.4, 0.5) is 5.69 Å². The lowest BCUT2D eigenvalue weighted by molar-refractivity contribution is -0.122. The third kappa shape index (κ3) is 3.00. The molecule has 2 aromatic rings. The Morgan fingerprint density at radius 1 is 0.846 bits per heavy atom. The first-order valence-electron chi connectivity index (χ1n) is 9.25. The molecule has 1 aliphatic carbocycles. The van der Waals surface area contributed by atoms with E-state index in [-0.39, 0.29) is 23.7 Å². The fourth-order valence-electron chi connectivity index (χ4n) is 4.05. The molecule has 0 unspecified atom stereocenters. The van der Waals surface area contributed by atoms with Gasteiger partial charge in [-0.25, -0.2) is 0 Å². The zero-order chi connectivity index (χ0) is 18.3. The molecule has 0 aromatic heterocycles. The van der Waals surface area contributed by atoms with Crippen LogP contribution in [0, 0.1) is 24.7 Å². The second kappa shape index (κ2) is 6.60. The molecule has 4 rings (SSSR count). The van der Waals surface area contributed by atoms with Gasteiger partial charge < -0.3 is 4.74 Å². The van der Waals surface area contributed by atoms with Crippen LogP contribution >= 0.6 is 0 Å². The Balaban J connectivity index is 1.52. The van der Waals surface area contributed by atoms with Gasteiger partial charge in [0.25, 0.3) is 0 Å². The maximum atomic E-state index is 12.8. The van der Waals surface area contributed by atoms with Gasteiger partial charge in [0, 0.05) is 0 Å². The molecule has 1 heterocycles. The molecule has 0 spiro atoms. The Kier molecular flexibility index (Phi) is 4.27. The normalized spacial score (nSPS) is 25.3. The van der Waals surface area contributed by atoms with Crippen LogP contribution in [0.3, 0.4) is 0 Å². The Labute approximate surface area is 153 Å². The van der Waals surface area contributed by atoms with E-state index in [4.69, 9.17) is 4.74 Å². The largest absolute Gasteiger partial charge is 0.457 e. The molecular weight excluding hydrogens is 326 g/mol. The molecule has 4 heteroatoms. The number of anilines is 1. The van der Waals surface area contributed by atoms with Crippen LogP contribution in [-0.4, -0.2) is 11.8 Å². The Bertz CT molecular complexity index is 825. The van der Waals surface area contributed by atoms with Crippen molar-refractivity contribution in [2.45, 2.75) is 33.1 Å². The van der Waals surface area contributed by atoms with Crippen molar-refractivity contribution >= 4 is 17.5 Å². The van der Waals surface area contributed by atoms with Gasteiger partial charge in [0.2, 0.25) is 11.8 Å². The van der Waals surface area contributed by atoms with Crippen LogP contribution in [0.2, 0.25) is 0 Å². The predicted octanol–water partition coefficient (Wildman–Crippen LogP) is 4.71. The number of hydrogen-bond acceptors (Lipinski definition) is 3. The molecule has 1 saturated heterocycles. The van der Waals surface area contributed by atoms with Crippen molar-refractivity contribution in [2.75, 3.05) is 4.90 Å². The lowest BCUT2D eigenvalue weighted by atomic mass is 9.76. The summed E-state index contributed by atoms with van der Waals surface area (Å²) in [5, 5.41) is 0. The second-order valence-electron chi connectivity index (χ2n) is 7.55. The Morgan fingerprint density at radius 2 is 1.42 bits per heavy atom. The maximum absolute atomic E-state index is 12.8. The summed E-state index contributed by atoms with van der Waals surface area (Å²) in [4.78, 5) is 26.9. The Hall–Kier alpha value is -2.62. The number of carbonyl (C=O) groups excluding carboxylic acids is 2. The van der Waals surface area contributed by atoms with Crippen LogP contribution < -0.4 is 9.64 Å². The minimum Gasteiger partial charge on any atom is -0.457 e. The van der Waals surface area contributed by atoms with Crippen molar-refractivity contribution in [1.29, 1.82) is 0 Å². The predicted molar refractivity (Wildman–Crippen MR) is 100 cm³/mol. The second-order valence-corrected chi connectivity index (χ2v) is 7.55. The van der Waals surface area contributed by atoms with Crippen molar-refractivity contribution < 1.29 is 14.3 Å². The molecule has 26 heavy (non-hydrogen) atoms. The van der Waals surface area contributed by atoms with Crippen molar-refractivity contribution in [2.24, 2.45) is 17.8 Å². The zero-order valence-electron chi connectivity index (χ0n) is 15.1. The number of rotatable bonds is 3. The lowest BCUT2D eigenvalue weighted by Gasteiger charge is -2.25.